The molecule has 2 aromatic rings. The lowest BCUT2D eigenvalue weighted by molar-refractivity contribution is 0.104. The van der Waals surface area contributed by atoms with E-state index in [-0.39, 0.29) is 5.78 Å². The van der Waals surface area contributed by atoms with Crippen molar-refractivity contribution in [3.05, 3.63) is 63.9 Å². The van der Waals surface area contributed by atoms with Gasteiger partial charge in [-0.1, -0.05) is 18.2 Å². The van der Waals surface area contributed by atoms with Crippen molar-refractivity contribution in [3.8, 4) is 11.5 Å². The van der Waals surface area contributed by atoms with Gasteiger partial charge in [0.15, 0.2) is 17.3 Å². The number of carbonyl (C=O) groups is 1. The fourth-order valence-corrected chi connectivity index (χ4v) is 2.68. The lowest BCUT2D eigenvalue weighted by Gasteiger charge is -2.12. The SMILES string of the molecule is CCOc1cc(/C=C/C(=O)c2cccc(F)c2)cc(Br)c1OC. The molecule has 120 valence electrons. The zero-order valence-electron chi connectivity index (χ0n) is 12.8. The lowest BCUT2D eigenvalue weighted by atomic mass is 10.1. The zero-order chi connectivity index (χ0) is 16.8. The Morgan fingerprint density at radius 3 is 2.74 bits per heavy atom. The van der Waals surface area contributed by atoms with Crippen molar-refractivity contribution in [2.24, 2.45) is 0 Å². The summed E-state index contributed by atoms with van der Waals surface area (Å²) in [6, 6.07) is 9.19. The number of ether oxygens (including phenoxy) is 2. The average Bonchev–Trinajstić information content (AvgIpc) is 2.53. The molecule has 3 nitrogen and oxygen atoms in total. The van der Waals surface area contributed by atoms with E-state index in [4.69, 9.17) is 9.47 Å². The van der Waals surface area contributed by atoms with E-state index in [1.54, 1.807) is 25.3 Å². The van der Waals surface area contributed by atoms with Crippen molar-refractivity contribution < 1.29 is 18.7 Å². The molecule has 0 atom stereocenters. The molecule has 0 aliphatic carbocycles. The van der Waals surface area contributed by atoms with Gasteiger partial charge in [0.25, 0.3) is 0 Å². The molecule has 0 aromatic heterocycles. The summed E-state index contributed by atoms with van der Waals surface area (Å²) in [5.41, 5.74) is 1.07. The number of benzene rings is 2. The predicted molar refractivity (Wildman–Crippen MR) is 91.6 cm³/mol. The van der Waals surface area contributed by atoms with Crippen LogP contribution in [-0.2, 0) is 0 Å². The van der Waals surface area contributed by atoms with Gasteiger partial charge in [-0.05, 0) is 58.8 Å². The first kappa shape index (κ1) is 17.2. The van der Waals surface area contributed by atoms with E-state index < -0.39 is 5.82 Å². The molecule has 0 saturated heterocycles. The molecule has 0 bridgehead atoms. The maximum absolute atomic E-state index is 13.2. The van der Waals surface area contributed by atoms with Crippen LogP contribution < -0.4 is 9.47 Å². The van der Waals surface area contributed by atoms with Crippen LogP contribution in [0.15, 0.2) is 46.9 Å². The standard InChI is InChI=1S/C18H16BrFO3/c1-3-23-17-10-12(9-15(19)18(17)22-2)7-8-16(21)13-5-4-6-14(20)11-13/h4-11H,3H2,1-2H3/b8-7+. The zero-order valence-corrected chi connectivity index (χ0v) is 14.4. The van der Waals surface area contributed by atoms with Gasteiger partial charge < -0.3 is 9.47 Å². The molecule has 5 heteroatoms. The molecule has 0 amide bonds. The molecule has 0 spiro atoms. The number of hydrogen-bond acceptors (Lipinski definition) is 3. The van der Waals surface area contributed by atoms with Crippen molar-refractivity contribution in [2.75, 3.05) is 13.7 Å². The third-order valence-corrected chi connectivity index (χ3v) is 3.66. The Kier molecular flexibility index (Phi) is 5.93. The molecule has 23 heavy (non-hydrogen) atoms. The first-order chi connectivity index (χ1) is 11.0. The summed E-state index contributed by atoms with van der Waals surface area (Å²) in [4.78, 5) is 12.1. The molecule has 2 rings (SSSR count). The number of halogens is 2. The van der Waals surface area contributed by atoms with Gasteiger partial charge in [0.2, 0.25) is 0 Å². The van der Waals surface area contributed by atoms with E-state index in [2.05, 4.69) is 15.9 Å². The monoisotopic (exact) mass is 378 g/mol. The highest BCUT2D eigenvalue weighted by Crippen LogP contribution is 2.36. The molecule has 0 aliphatic heterocycles. The molecule has 0 heterocycles. The lowest BCUT2D eigenvalue weighted by Crippen LogP contribution is -1.97. The topological polar surface area (TPSA) is 35.5 Å². The fraction of sp³-hybridized carbons (Fsp3) is 0.167. The molecular formula is C18H16BrFO3. The van der Waals surface area contributed by atoms with Crippen LogP contribution >= 0.6 is 15.9 Å². The molecule has 0 saturated carbocycles. The minimum Gasteiger partial charge on any atom is -0.492 e. The normalized spacial score (nSPS) is 10.8. The average molecular weight is 379 g/mol. The van der Waals surface area contributed by atoms with Gasteiger partial charge in [-0.2, -0.15) is 0 Å². The van der Waals surface area contributed by atoms with Crippen LogP contribution in [0.4, 0.5) is 4.39 Å². The van der Waals surface area contributed by atoms with Crippen LogP contribution in [0.5, 0.6) is 11.5 Å². The van der Waals surface area contributed by atoms with Gasteiger partial charge in [0.05, 0.1) is 18.2 Å². The van der Waals surface area contributed by atoms with Crippen LogP contribution in [0, 0.1) is 5.82 Å². The minimum absolute atomic E-state index is 0.269. The Labute approximate surface area is 142 Å². The van der Waals surface area contributed by atoms with Crippen molar-refractivity contribution in [1.82, 2.24) is 0 Å². The summed E-state index contributed by atoms with van der Waals surface area (Å²) >= 11 is 3.42. The smallest absolute Gasteiger partial charge is 0.185 e. The summed E-state index contributed by atoms with van der Waals surface area (Å²) in [5.74, 6) is 0.479. The second kappa shape index (κ2) is 7.92. The van der Waals surface area contributed by atoms with E-state index in [1.807, 2.05) is 13.0 Å². The number of hydrogen-bond donors (Lipinski definition) is 0. The highest BCUT2D eigenvalue weighted by atomic mass is 79.9. The molecule has 0 unspecified atom stereocenters. The van der Waals surface area contributed by atoms with E-state index in [9.17, 15) is 9.18 Å². The molecule has 0 radical (unpaired) electrons. The second-order valence-electron chi connectivity index (χ2n) is 4.68. The summed E-state index contributed by atoms with van der Waals surface area (Å²) in [6.45, 7) is 2.38. The van der Waals surface area contributed by atoms with Gasteiger partial charge in [0.1, 0.15) is 5.82 Å². The van der Waals surface area contributed by atoms with E-state index in [1.165, 1.54) is 24.3 Å². The molecule has 2 aromatic carbocycles. The van der Waals surface area contributed by atoms with Crippen molar-refractivity contribution in [3.63, 3.8) is 0 Å². The summed E-state index contributed by atoms with van der Waals surface area (Å²) in [5, 5.41) is 0. The van der Waals surface area contributed by atoms with E-state index in [0.29, 0.717) is 23.7 Å². The number of methoxy groups -OCH3 is 1. The van der Waals surface area contributed by atoms with Gasteiger partial charge >= 0.3 is 0 Å². The van der Waals surface area contributed by atoms with E-state index >= 15 is 0 Å². The number of ketones is 1. The highest BCUT2D eigenvalue weighted by Gasteiger charge is 2.10. The van der Waals surface area contributed by atoms with Crippen molar-refractivity contribution in [2.45, 2.75) is 6.92 Å². The van der Waals surface area contributed by atoms with Gasteiger partial charge in [0, 0.05) is 5.56 Å². The van der Waals surface area contributed by atoms with Crippen LogP contribution in [0.1, 0.15) is 22.8 Å². The third-order valence-electron chi connectivity index (χ3n) is 3.07. The maximum atomic E-state index is 13.2. The summed E-state index contributed by atoms with van der Waals surface area (Å²) in [6.07, 6.45) is 3.05. The molecule has 0 N–H and O–H groups in total. The highest BCUT2D eigenvalue weighted by molar-refractivity contribution is 9.10. The summed E-state index contributed by atoms with van der Waals surface area (Å²) < 4.78 is 24.7. The Morgan fingerprint density at radius 2 is 2.09 bits per heavy atom. The third kappa shape index (κ3) is 4.42. The first-order valence-electron chi connectivity index (χ1n) is 7.03. The van der Waals surface area contributed by atoms with Crippen molar-refractivity contribution >= 4 is 27.8 Å². The first-order valence-corrected chi connectivity index (χ1v) is 7.82. The molecular weight excluding hydrogens is 363 g/mol. The predicted octanol–water partition coefficient (Wildman–Crippen LogP) is 4.89. The minimum atomic E-state index is -0.435. The number of allylic oxidation sites excluding steroid dienone is 1. The Morgan fingerprint density at radius 1 is 1.30 bits per heavy atom. The second-order valence-corrected chi connectivity index (χ2v) is 5.53. The Balaban J connectivity index is 2.27. The molecule has 0 aliphatic rings. The van der Waals surface area contributed by atoms with Gasteiger partial charge in [-0.3, -0.25) is 4.79 Å². The number of rotatable bonds is 6. The molecule has 0 fully saturated rings. The fourth-order valence-electron chi connectivity index (χ4n) is 2.06. The van der Waals surface area contributed by atoms with Crippen LogP contribution in [0.3, 0.4) is 0 Å². The van der Waals surface area contributed by atoms with Gasteiger partial charge in [-0.25, -0.2) is 4.39 Å². The quantitative estimate of drug-likeness (QED) is 0.530. The Bertz CT molecular complexity index is 741. The Hall–Kier alpha value is -2.14. The van der Waals surface area contributed by atoms with Crippen molar-refractivity contribution in [1.29, 1.82) is 0 Å². The van der Waals surface area contributed by atoms with E-state index in [0.717, 1.165) is 10.0 Å². The summed E-state index contributed by atoms with van der Waals surface area (Å²) in [7, 11) is 1.56. The number of carbonyl (C=O) groups excluding carboxylic acids is 1. The van der Waals surface area contributed by atoms with Crippen LogP contribution in [0.2, 0.25) is 0 Å². The van der Waals surface area contributed by atoms with Gasteiger partial charge in [-0.15, -0.1) is 0 Å². The van der Waals surface area contributed by atoms with Crippen LogP contribution in [-0.4, -0.2) is 19.5 Å². The largest absolute Gasteiger partial charge is 0.492 e. The maximum Gasteiger partial charge on any atom is 0.185 e. The van der Waals surface area contributed by atoms with Crippen LogP contribution in [0.25, 0.3) is 6.08 Å².